The number of methoxy groups -OCH3 is 1. The van der Waals surface area contributed by atoms with E-state index in [1.54, 1.807) is 38.3 Å². The zero-order chi connectivity index (χ0) is 19.1. The van der Waals surface area contributed by atoms with Gasteiger partial charge in [-0.3, -0.25) is 4.79 Å². The number of esters is 1. The zero-order valence-corrected chi connectivity index (χ0v) is 16.6. The molecule has 1 atom stereocenters. The van der Waals surface area contributed by atoms with Gasteiger partial charge in [0, 0.05) is 21.7 Å². The number of ketones is 1. The monoisotopic (exact) mass is 416 g/mol. The molecule has 2 aromatic carbocycles. The van der Waals surface area contributed by atoms with E-state index in [0.717, 1.165) is 22.0 Å². The number of carbonyl (C=O) groups excluding carboxylic acids is 2. The summed E-state index contributed by atoms with van der Waals surface area (Å²) in [5, 5.41) is 0. The van der Waals surface area contributed by atoms with Crippen molar-refractivity contribution < 1.29 is 19.1 Å². The van der Waals surface area contributed by atoms with Gasteiger partial charge in [0.2, 0.25) is 5.78 Å². The maximum Gasteiger partial charge on any atom is 0.331 e. The lowest BCUT2D eigenvalue weighted by Gasteiger charge is -2.11. The predicted octanol–water partition coefficient (Wildman–Crippen LogP) is 4.85. The molecule has 2 aromatic rings. The van der Waals surface area contributed by atoms with Crippen LogP contribution in [0.25, 0.3) is 6.08 Å². The Morgan fingerprint density at radius 3 is 2.46 bits per heavy atom. The molecular weight excluding hydrogens is 396 g/mol. The van der Waals surface area contributed by atoms with Crippen molar-refractivity contribution >= 4 is 33.8 Å². The Kier molecular flexibility index (Phi) is 7.16. The predicted molar refractivity (Wildman–Crippen MR) is 105 cm³/mol. The molecule has 0 aliphatic heterocycles. The van der Waals surface area contributed by atoms with E-state index >= 15 is 0 Å². The van der Waals surface area contributed by atoms with E-state index < -0.39 is 12.1 Å². The van der Waals surface area contributed by atoms with Crippen LogP contribution in [0.2, 0.25) is 0 Å². The van der Waals surface area contributed by atoms with Gasteiger partial charge in [0.25, 0.3) is 0 Å². The minimum atomic E-state index is -0.857. The molecule has 0 saturated carbocycles. The van der Waals surface area contributed by atoms with Crippen molar-refractivity contribution in [3.8, 4) is 5.75 Å². The Bertz CT molecular complexity index is 809. The Hall–Kier alpha value is -2.40. The lowest BCUT2D eigenvalue weighted by Crippen LogP contribution is -2.23. The fourth-order valence-corrected chi connectivity index (χ4v) is 2.78. The van der Waals surface area contributed by atoms with Gasteiger partial charge < -0.3 is 9.47 Å². The smallest absolute Gasteiger partial charge is 0.331 e. The normalized spacial score (nSPS) is 12.0. The van der Waals surface area contributed by atoms with E-state index in [-0.39, 0.29) is 5.78 Å². The topological polar surface area (TPSA) is 52.6 Å². The van der Waals surface area contributed by atoms with Crippen LogP contribution in [0.5, 0.6) is 5.75 Å². The quantitative estimate of drug-likeness (QED) is 0.367. The van der Waals surface area contributed by atoms with Crippen LogP contribution in [0.15, 0.2) is 53.0 Å². The fraction of sp³-hybridized carbons (Fsp3) is 0.238. The third kappa shape index (κ3) is 5.30. The van der Waals surface area contributed by atoms with E-state index in [9.17, 15) is 9.59 Å². The van der Waals surface area contributed by atoms with Crippen molar-refractivity contribution in [2.75, 3.05) is 7.11 Å². The van der Waals surface area contributed by atoms with Crippen molar-refractivity contribution in [1.29, 1.82) is 0 Å². The Morgan fingerprint density at radius 1 is 1.15 bits per heavy atom. The van der Waals surface area contributed by atoms with Gasteiger partial charge in [0.15, 0.2) is 6.10 Å². The number of carbonyl (C=O) groups is 2. The van der Waals surface area contributed by atoms with Crippen LogP contribution in [-0.4, -0.2) is 25.0 Å². The SMILES string of the molecule is CCc1ccc(C(=O)[C@@H](C)OC(=O)/C=C/c2cc(Br)ccc2OC)cc1. The lowest BCUT2D eigenvalue weighted by molar-refractivity contribution is -0.140. The minimum Gasteiger partial charge on any atom is -0.496 e. The first-order valence-corrected chi connectivity index (χ1v) is 9.09. The van der Waals surface area contributed by atoms with Crippen molar-refractivity contribution in [3.05, 3.63) is 69.7 Å². The summed E-state index contributed by atoms with van der Waals surface area (Å²) in [6.45, 7) is 3.62. The number of halogens is 1. The van der Waals surface area contributed by atoms with Crippen molar-refractivity contribution in [1.82, 2.24) is 0 Å². The molecule has 0 saturated heterocycles. The second-order valence-electron chi connectivity index (χ2n) is 5.71. The number of hydrogen-bond acceptors (Lipinski definition) is 4. The molecule has 0 bridgehead atoms. The summed E-state index contributed by atoms with van der Waals surface area (Å²) in [6, 6.07) is 12.8. The summed E-state index contributed by atoms with van der Waals surface area (Å²) in [7, 11) is 1.56. The van der Waals surface area contributed by atoms with E-state index in [0.29, 0.717) is 11.3 Å². The second kappa shape index (κ2) is 9.34. The van der Waals surface area contributed by atoms with E-state index in [4.69, 9.17) is 9.47 Å². The number of aryl methyl sites for hydroxylation is 1. The summed E-state index contributed by atoms with van der Waals surface area (Å²) in [5.74, 6) is -0.176. The number of rotatable bonds is 7. The fourth-order valence-electron chi connectivity index (χ4n) is 2.40. The summed E-state index contributed by atoms with van der Waals surface area (Å²) in [4.78, 5) is 24.4. The number of ether oxygens (including phenoxy) is 2. The molecule has 26 heavy (non-hydrogen) atoms. The third-order valence-electron chi connectivity index (χ3n) is 3.90. The molecule has 0 N–H and O–H groups in total. The standard InChI is InChI=1S/C21H21BrO4/c1-4-15-5-7-16(8-6-15)21(24)14(2)26-20(23)12-9-17-13-18(22)10-11-19(17)25-3/h5-14H,4H2,1-3H3/b12-9+/t14-/m1/s1. The molecule has 0 radical (unpaired) electrons. The van der Waals surface area contributed by atoms with Crippen molar-refractivity contribution in [3.63, 3.8) is 0 Å². The minimum absolute atomic E-state index is 0.227. The van der Waals surface area contributed by atoms with Gasteiger partial charge in [-0.25, -0.2) is 4.79 Å². The lowest BCUT2D eigenvalue weighted by atomic mass is 10.0. The van der Waals surface area contributed by atoms with Crippen LogP contribution in [0, 0.1) is 0 Å². The molecule has 4 nitrogen and oxygen atoms in total. The van der Waals surface area contributed by atoms with Crippen LogP contribution in [-0.2, 0) is 16.0 Å². The van der Waals surface area contributed by atoms with Crippen molar-refractivity contribution in [2.45, 2.75) is 26.4 Å². The van der Waals surface area contributed by atoms with Gasteiger partial charge >= 0.3 is 5.97 Å². The molecule has 0 aliphatic rings. The summed E-state index contributed by atoms with van der Waals surface area (Å²) in [6.07, 6.45) is 2.93. The molecule has 136 valence electrons. The van der Waals surface area contributed by atoms with Gasteiger partial charge in [0.1, 0.15) is 5.75 Å². The molecule has 0 amide bonds. The van der Waals surface area contributed by atoms with E-state index in [2.05, 4.69) is 15.9 Å². The molecule has 0 spiro atoms. The number of Topliss-reactive ketones (excluding diaryl/α,β-unsaturated/α-hetero) is 1. The maximum absolute atomic E-state index is 12.4. The summed E-state index contributed by atoms with van der Waals surface area (Å²) >= 11 is 3.38. The average Bonchev–Trinajstić information content (AvgIpc) is 2.66. The molecule has 0 heterocycles. The van der Waals surface area contributed by atoms with E-state index in [1.165, 1.54) is 6.08 Å². The highest BCUT2D eigenvalue weighted by Gasteiger charge is 2.18. The molecule has 0 aliphatic carbocycles. The summed E-state index contributed by atoms with van der Waals surface area (Å²) < 4.78 is 11.3. The largest absolute Gasteiger partial charge is 0.496 e. The first-order valence-electron chi connectivity index (χ1n) is 8.30. The Morgan fingerprint density at radius 2 is 1.85 bits per heavy atom. The molecule has 0 fully saturated rings. The molecule has 2 rings (SSSR count). The zero-order valence-electron chi connectivity index (χ0n) is 15.0. The van der Waals surface area contributed by atoms with Crippen LogP contribution >= 0.6 is 15.9 Å². The van der Waals surface area contributed by atoms with Crippen LogP contribution in [0.3, 0.4) is 0 Å². The van der Waals surface area contributed by atoms with Crippen LogP contribution < -0.4 is 4.74 Å². The highest BCUT2D eigenvalue weighted by Crippen LogP contribution is 2.24. The highest BCUT2D eigenvalue weighted by molar-refractivity contribution is 9.10. The maximum atomic E-state index is 12.4. The van der Waals surface area contributed by atoms with E-state index in [1.807, 2.05) is 31.2 Å². The van der Waals surface area contributed by atoms with Crippen LogP contribution in [0.4, 0.5) is 0 Å². The van der Waals surface area contributed by atoms with Gasteiger partial charge in [0.05, 0.1) is 7.11 Å². The molecule has 0 unspecified atom stereocenters. The first kappa shape index (κ1) is 19.9. The average molecular weight is 417 g/mol. The molecular formula is C21H21BrO4. The van der Waals surface area contributed by atoms with Gasteiger partial charge in [-0.05, 0) is 43.2 Å². The second-order valence-corrected chi connectivity index (χ2v) is 6.63. The Labute approximate surface area is 162 Å². The van der Waals surface area contributed by atoms with Gasteiger partial charge in [-0.15, -0.1) is 0 Å². The number of benzene rings is 2. The third-order valence-corrected chi connectivity index (χ3v) is 4.39. The Balaban J connectivity index is 2.02. The van der Waals surface area contributed by atoms with Gasteiger partial charge in [-0.2, -0.15) is 0 Å². The summed E-state index contributed by atoms with van der Waals surface area (Å²) in [5.41, 5.74) is 2.41. The molecule has 5 heteroatoms. The molecule has 0 aromatic heterocycles. The van der Waals surface area contributed by atoms with Gasteiger partial charge in [-0.1, -0.05) is 47.1 Å². The van der Waals surface area contributed by atoms with Crippen molar-refractivity contribution in [2.24, 2.45) is 0 Å². The van der Waals surface area contributed by atoms with Crippen LogP contribution in [0.1, 0.15) is 35.3 Å². The highest BCUT2D eigenvalue weighted by atomic mass is 79.9. The first-order chi connectivity index (χ1) is 12.4. The number of hydrogen-bond donors (Lipinski definition) is 0.